The lowest BCUT2D eigenvalue weighted by atomic mass is 10.3. The van der Waals surface area contributed by atoms with Crippen LogP contribution in [0.15, 0.2) is 11.9 Å². The van der Waals surface area contributed by atoms with Crippen LogP contribution in [-0.4, -0.2) is 44.2 Å². The lowest BCUT2D eigenvalue weighted by molar-refractivity contribution is 0.313. The zero-order valence-corrected chi connectivity index (χ0v) is 11.1. The van der Waals surface area contributed by atoms with Crippen molar-refractivity contribution in [1.82, 2.24) is 10.2 Å². The number of rotatable bonds is 11. The maximum absolute atomic E-state index is 5.56. The van der Waals surface area contributed by atoms with Gasteiger partial charge in [-0.1, -0.05) is 0 Å². The average molecular weight is 243 g/mol. The minimum absolute atomic E-state index is 0.718. The molecule has 0 aromatic carbocycles. The standard InChI is InChI=1S/C12H29N5/c1-2-12(16-9-3-6-13)17(10-4-7-14)11-5-8-15/h2,16H,3-11,13-15H2,1H3. The summed E-state index contributed by atoms with van der Waals surface area (Å²) in [4.78, 5) is 2.32. The van der Waals surface area contributed by atoms with Crippen molar-refractivity contribution in [2.45, 2.75) is 26.2 Å². The molecule has 102 valence electrons. The highest BCUT2D eigenvalue weighted by molar-refractivity contribution is 4.97. The SMILES string of the molecule is CC=C(NCCCN)N(CCCN)CCCN. The van der Waals surface area contributed by atoms with E-state index in [1.165, 1.54) is 5.82 Å². The summed E-state index contributed by atoms with van der Waals surface area (Å²) in [5.41, 5.74) is 16.6. The first-order valence-electron chi connectivity index (χ1n) is 6.55. The van der Waals surface area contributed by atoms with Crippen molar-refractivity contribution in [2.75, 3.05) is 39.3 Å². The average Bonchev–Trinajstić information content (AvgIpc) is 2.36. The van der Waals surface area contributed by atoms with Crippen molar-refractivity contribution in [3.05, 3.63) is 11.9 Å². The Morgan fingerprint density at radius 2 is 1.53 bits per heavy atom. The van der Waals surface area contributed by atoms with Crippen molar-refractivity contribution >= 4 is 0 Å². The zero-order valence-electron chi connectivity index (χ0n) is 11.1. The molecular formula is C12H29N5. The van der Waals surface area contributed by atoms with Gasteiger partial charge in [-0.3, -0.25) is 0 Å². The van der Waals surface area contributed by atoms with E-state index in [-0.39, 0.29) is 0 Å². The van der Waals surface area contributed by atoms with Crippen molar-refractivity contribution in [1.29, 1.82) is 0 Å². The highest BCUT2D eigenvalue weighted by atomic mass is 15.2. The Labute approximate surface area is 105 Å². The van der Waals surface area contributed by atoms with Gasteiger partial charge >= 0.3 is 0 Å². The summed E-state index contributed by atoms with van der Waals surface area (Å²) in [6.45, 7) is 7.08. The summed E-state index contributed by atoms with van der Waals surface area (Å²) in [6.07, 6.45) is 5.09. The summed E-state index contributed by atoms with van der Waals surface area (Å²) in [5, 5.41) is 3.41. The molecule has 7 N–H and O–H groups in total. The van der Waals surface area contributed by atoms with Crippen molar-refractivity contribution in [3.63, 3.8) is 0 Å². The predicted octanol–water partition coefficient (Wildman–Crippen LogP) is -0.214. The fourth-order valence-electron chi connectivity index (χ4n) is 1.63. The van der Waals surface area contributed by atoms with Gasteiger partial charge in [0.2, 0.25) is 0 Å². The third-order valence-corrected chi connectivity index (χ3v) is 2.57. The maximum Gasteiger partial charge on any atom is 0.0968 e. The monoisotopic (exact) mass is 243 g/mol. The van der Waals surface area contributed by atoms with Gasteiger partial charge in [0.1, 0.15) is 0 Å². The molecule has 0 atom stereocenters. The van der Waals surface area contributed by atoms with Gasteiger partial charge in [0.05, 0.1) is 5.82 Å². The Balaban J connectivity index is 4.18. The van der Waals surface area contributed by atoms with E-state index in [1.807, 2.05) is 6.92 Å². The number of nitrogens with zero attached hydrogens (tertiary/aromatic N) is 1. The van der Waals surface area contributed by atoms with Crippen LogP contribution in [0.2, 0.25) is 0 Å². The molecule has 5 heteroatoms. The van der Waals surface area contributed by atoms with Crippen LogP contribution in [0, 0.1) is 0 Å². The van der Waals surface area contributed by atoms with E-state index in [9.17, 15) is 0 Å². The lowest BCUT2D eigenvalue weighted by Crippen LogP contribution is -2.35. The quantitative estimate of drug-likeness (QED) is 0.377. The highest BCUT2D eigenvalue weighted by Crippen LogP contribution is 2.03. The minimum atomic E-state index is 0.718. The smallest absolute Gasteiger partial charge is 0.0968 e. The van der Waals surface area contributed by atoms with Gasteiger partial charge in [0.25, 0.3) is 0 Å². The van der Waals surface area contributed by atoms with Crippen LogP contribution < -0.4 is 22.5 Å². The Bertz CT molecular complexity index is 185. The Kier molecular flexibility index (Phi) is 11.2. The molecule has 5 nitrogen and oxygen atoms in total. The first-order valence-corrected chi connectivity index (χ1v) is 6.55. The van der Waals surface area contributed by atoms with Crippen molar-refractivity contribution in [3.8, 4) is 0 Å². The Morgan fingerprint density at radius 3 is 1.94 bits per heavy atom. The molecule has 0 aliphatic carbocycles. The van der Waals surface area contributed by atoms with Gasteiger partial charge in [-0.15, -0.1) is 0 Å². The molecule has 0 bridgehead atoms. The van der Waals surface area contributed by atoms with E-state index < -0.39 is 0 Å². The molecular weight excluding hydrogens is 214 g/mol. The number of allylic oxidation sites excluding steroid dienone is 1. The van der Waals surface area contributed by atoms with Crippen molar-refractivity contribution in [2.24, 2.45) is 17.2 Å². The molecule has 0 radical (unpaired) electrons. The van der Waals surface area contributed by atoms with E-state index >= 15 is 0 Å². The highest BCUT2D eigenvalue weighted by Gasteiger charge is 2.07. The van der Waals surface area contributed by atoms with E-state index in [4.69, 9.17) is 17.2 Å². The van der Waals surface area contributed by atoms with Gasteiger partial charge in [0.15, 0.2) is 0 Å². The van der Waals surface area contributed by atoms with Crippen molar-refractivity contribution < 1.29 is 0 Å². The molecule has 0 unspecified atom stereocenters. The number of hydrogen-bond donors (Lipinski definition) is 4. The number of hydrogen-bond acceptors (Lipinski definition) is 5. The second kappa shape index (κ2) is 11.7. The zero-order chi connectivity index (χ0) is 12.9. The third-order valence-electron chi connectivity index (χ3n) is 2.57. The largest absolute Gasteiger partial charge is 0.372 e. The van der Waals surface area contributed by atoms with Crippen LogP contribution in [0.5, 0.6) is 0 Å². The fraction of sp³-hybridized carbons (Fsp3) is 0.833. The van der Waals surface area contributed by atoms with Crippen LogP contribution in [0.1, 0.15) is 26.2 Å². The number of nitrogens with one attached hydrogen (secondary N) is 1. The topological polar surface area (TPSA) is 93.3 Å². The van der Waals surface area contributed by atoms with E-state index in [2.05, 4.69) is 16.3 Å². The molecule has 0 fully saturated rings. The molecule has 0 rings (SSSR count). The number of nitrogens with two attached hydrogens (primary N) is 3. The minimum Gasteiger partial charge on any atom is -0.372 e. The Morgan fingerprint density at radius 1 is 1.00 bits per heavy atom. The molecule has 17 heavy (non-hydrogen) atoms. The molecule has 0 aliphatic heterocycles. The van der Waals surface area contributed by atoms with Gasteiger partial charge in [0, 0.05) is 19.6 Å². The normalized spacial score (nSPS) is 11.6. The molecule has 0 aromatic rings. The molecule has 0 heterocycles. The summed E-state index contributed by atoms with van der Waals surface area (Å²) in [6, 6.07) is 0. The maximum atomic E-state index is 5.56. The summed E-state index contributed by atoms with van der Waals surface area (Å²) in [7, 11) is 0. The molecule has 0 aromatic heterocycles. The first kappa shape index (κ1) is 16.2. The fourth-order valence-corrected chi connectivity index (χ4v) is 1.63. The van der Waals surface area contributed by atoms with E-state index in [1.54, 1.807) is 0 Å². The van der Waals surface area contributed by atoms with Crippen LogP contribution in [0.25, 0.3) is 0 Å². The first-order chi connectivity index (χ1) is 8.29. The van der Waals surface area contributed by atoms with E-state index in [0.29, 0.717) is 0 Å². The predicted molar refractivity (Wildman–Crippen MR) is 74.3 cm³/mol. The third kappa shape index (κ3) is 8.01. The summed E-state index contributed by atoms with van der Waals surface area (Å²) in [5.74, 6) is 1.17. The molecule has 0 saturated heterocycles. The molecule has 0 aliphatic rings. The molecule has 0 amide bonds. The van der Waals surface area contributed by atoms with E-state index in [0.717, 1.165) is 58.5 Å². The second-order valence-electron chi connectivity index (χ2n) is 4.01. The summed E-state index contributed by atoms with van der Waals surface area (Å²) >= 11 is 0. The van der Waals surface area contributed by atoms with Gasteiger partial charge in [-0.05, 0) is 51.9 Å². The van der Waals surface area contributed by atoms with Gasteiger partial charge in [-0.25, -0.2) is 0 Å². The van der Waals surface area contributed by atoms with Gasteiger partial charge < -0.3 is 27.4 Å². The van der Waals surface area contributed by atoms with Gasteiger partial charge in [-0.2, -0.15) is 0 Å². The Hall–Kier alpha value is -0.780. The molecule has 0 saturated carbocycles. The van der Waals surface area contributed by atoms with Crippen LogP contribution in [0.3, 0.4) is 0 Å². The lowest BCUT2D eigenvalue weighted by Gasteiger charge is -2.28. The molecule has 0 spiro atoms. The summed E-state index contributed by atoms with van der Waals surface area (Å²) < 4.78 is 0. The van der Waals surface area contributed by atoms with Crippen LogP contribution in [0.4, 0.5) is 0 Å². The van der Waals surface area contributed by atoms with Crippen LogP contribution >= 0.6 is 0 Å². The van der Waals surface area contributed by atoms with Crippen LogP contribution in [-0.2, 0) is 0 Å². The second-order valence-corrected chi connectivity index (χ2v) is 4.01.